The largest absolute Gasteiger partial charge is 0.296 e. The van der Waals surface area contributed by atoms with Crippen LogP contribution in [0.3, 0.4) is 0 Å². The molecule has 0 aliphatic heterocycles. The quantitative estimate of drug-likeness (QED) is 0.671. The van der Waals surface area contributed by atoms with Crippen molar-refractivity contribution >= 4 is 11.3 Å². The number of hydrogen-bond acceptors (Lipinski definition) is 4. The highest BCUT2D eigenvalue weighted by Crippen LogP contribution is 2.21. The molecule has 2 heterocycles. The van der Waals surface area contributed by atoms with E-state index in [4.69, 9.17) is 0 Å². The number of hydrogen-bond donors (Lipinski definition) is 0. The van der Waals surface area contributed by atoms with Crippen molar-refractivity contribution in [1.29, 1.82) is 0 Å². The molecule has 24 heavy (non-hydrogen) atoms. The minimum Gasteiger partial charge on any atom is -0.296 e. The molecule has 0 saturated carbocycles. The third kappa shape index (κ3) is 3.88. The van der Waals surface area contributed by atoms with Crippen molar-refractivity contribution in [2.75, 3.05) is 7.05 Å². The number of rotatable bonds is 6. The standard InChI is InChI=1S/C18H21FN4S/c1-13(2)18-21-16(12-24-18)11-22(3)10-14-9-15(19)5-6-17(14)23-8-4-7-20-23/h4-9,12-13H,10-11H2,1-3H3. The summed E-state index contributed by atoms with van der Waals surface area (Å²) in [7, 11) is 2.02. The lowest BCUT2D eigenvalue weighted by molar-refractivity contribution is 0.314. The molecule has 0 unspecified atom stereocenters. The van der Waals surface area contributed by atoms with Crippen LogP contribution >= 0.6 is 11.3 Å². The molecule has 1 aromatic carbocycles. The number of nitrogens with zero attached hydrogens (tertiary/aromatic N) is 4. The summed E-state index contributed by atoms with van der Waals surface area (Å²) in [4.78, 5) is 6.81. The molecule has 0 fully saturated rings. The van der Waals surface area contributed by atoms with E-state index in [1.165, 1.54) is 6.07 Å². The van der Waals surface area contributed by atoms with Gasteiger partial charge >= 0.3 is 0 Å². The molecule has 4 nitrogen and oxygen atoms in total. The van der Waals surface area contributed by atoms with Gasteiger partial charge in [-0.15, -0.1) is 11.3 Å². The topological polar surface area (TPSA) is 34.0 Å². The van der Waals surface area contributed by atoms with Crippen LogP contribution in [-0.4, -0.2) is 26.7 Å². The third-order valence-electron chi connectivity index (χ3n) is 3.73. The van der Waals surface area contributed by atoms with E-state index >= 15 is 0 Å². The molecule has 0 aliphatic carbocycles. The maximum absolute atomic E-state index is 13.7. The number of benzene rings is 1. The SMILES string of the molecule is CC(C)c1nc(CN(C)Cc2cc(F)ccc2-n2cccn2)cs1. The smallest absolute Gasteiger partial charge is 0.123 e. The Kier molecular flexibility index (Phi) is 5.06. The van der Waals surface area contributed by atoms with Crippen molar-refractivity contribution in [1.82, 2.24) is 19.7 Å². The van der Waals surface area contributed by atoms with Crippen molar-refractivity contribution in [3.05, 3.63) is 64.1 Å². The first-order valence-corrected chi connectivity index (χ1v) is 8.82. The molecular formula is C18H21FN4S. The van der Waals surface area contributed by atoms with Crippen molar-refractivity contribution in [2.24, 2.45) is 0 Å². The molecule has 126 valence electrons. The minimum atomic E-state index is -0.231. The summed E-state index contributed by atoms with van der Waals surface area (Å²) in [6.07, 6.45) is 3.59. The zero-order valence-corrected chi connectivity index (χ0v) is 14.9. The molecule has 0 radical (unpaired) electrons. The summed E-state index contributed by atoms with van der Waals surface area (Å²) in [6.45, 7) is 5.66. The van der Waals surface area contributed by atoms with Crippen LogP contribution in [0.25, 0.3) is 5.69 Å². The van der Waals surface area contributed by atoms with Gasteiger partial charge in [0.05, 0.1) is 16.4 Å². The third-order valence-corrected chi connectivity index (χ3v) is 4.92. The second-order valence-corrected chi connectivity index (χ2v) is 7.12. The van der Waals surface area contributed by atoms with E-state index in [9.17, 15) is 4.39 Å². The van der Waals surface area contributed by atoms with Gasteiger partial charge in [0.1, 0.15) is 5.82 Å². The van der Waals surface area contributed by atoms with Crippen LogP contribution in [0.4, 0.5) is 4.39 Å². The Labute approximate surface area is 145 Å². The first-order chi connectivity index (χ1) is 11.5. The van der Waals surface area contributed by atoms with E-state index < -0.39 is 0 Å². The minimum absolute atomic E-state index is 0.231. The average Bonchev–Trinajstić information content (AvgIpc) is 3.18. The average molecular weight is 344 g/mol. The van der Waals surface area contributed by atoms with E-state index in [1.807, 2.05) is 19.3 Å². The second-order valence-electron chi connectivity index (χ2n) is 6.23. The van der Waals surface area contributed by atoms with Crippen LogP contribution in [0.2, 0.25) is 0 Å². The highest BCUT2D eigenvalue weighted by Gasteiger charge is 2.12. The Balaban J connectivity index is 1.76. The summed E-state index contributed by atoms with van der Waals surface area (Å²) < 4.78 is 15.5. The number of halogens is 1. The van der Waals surface area contributed by atoms with E-state index in [0.717, 1.165) is 28.5 Å². The molecule has 6 heteroatoms. The molecule has 2 aromatic heterocycles. The van der Waals surface area contributed by atoms with Crippen LogP contribution in [-0.2, 0) is 13.1 Å². The monoisotopic (exact) mass is 344 g/mol. The van der Waals surface area contributed by atoms with E-state index in [-0.39, 0.29) is 5.82 Å². The zero-order valence-electron chi connectivity index (χ0n) is 14.1. The summed E-state index contributed by atoms with van der Waals surface area (Å²) in [6, 6.07) is 6.68. The van der Waals surface area contributed by atoms with Gasteiger partial charge in [-0.2, -0.15) is 5.10 Å². The lowest BCUT2D eigenvalue weighted by atomic mass is 10.1. The van der Waals surface area contributed by atoms with Gasteiger partial charge in [0.25, 0.3) is 0 Å². The highest BCUT2D eigenvalue weighted by molar-refractivity contribution is 7.09. The van der Waals surface area contributed by atoms with Gasteiger partial charge in [-0.1, -0.05) is 13.8 Å². The van der Waals surface area contributed by atoms with Gasteiger partial charge < -0.3 is 0 Å². The molecule has 0 spiro atoms. The second kappa shape index (κ2) is 7.23. The Morgan fingerprint density at radius 2 is 2.12 bits per heavy atom. The molecule has 0 bridgehead atoms. The van der Waals surface area contributed by atoms with Crippen LogP contribution in [0.15, 0.2) is 42.0 Å². The summed E-state index contributed by atoms with van der Waals surface area (Å²) in [5.74, 6) is 0.216. The van der Waals surface area contributed by atoms with Gasteiger partial charge in [-0.25, -0.2) is 14.1 Å². The van der Waals surface area contributed by atoms with E-state index in [0.29, 0.717) is 12.5 Å². The Morgan fingerprint density at radius 1 is 1.29 bits per heavy atom. The Morgan fingerprint density at radius 3 is 2.79 bits per heavy atom. The van der Waals surface area contributed by atoms with Crippen LogP contribution in [0.1, 0.15) is 36.0 Å². The fraction of sp³-hybridized carbons (Fsp3) is 0.333. The normalized spacial score (nSPS) is 11.6. The predicted molar refractivity (Wildman–Crippen MR) is 94.9 cm³/mol. The maximum atomic E-state index is 13.7. The van der Waals surface area contributed by atoms with Crippen molar-refractivity contribution in [3.8, 4) is 5.69 Å². The van der Waals surface area contributed by atoms with Crippen molar-refractivity contribution < 1.29 is 4.39 Å². The fourth-order valence-electron chi connectivity index (χ4n) is 2.60. The van der Waals surface area contributed by atoms with Crippen LogP contribution in [0.5, 0.6) is 0 Å². The van der Waals surface area contributed by atoms with E-state index in [1.54, 1.807) is 34.3 Å². The first kappa shape index (κ1) is 16.8. The lowest BCUT2D eigenvalue weighted by Gasteiger charge is -2.18. The number of thiazole rings is 1. The molecule has 0 amide bonds. The summed E-state index contributed by atoms with van der Waals surface area (Å²) in [5, 5.41) is 7.51. The van der Waals surface area contributed by atoms with Gasteiger partial charge in [0.2, 0.25) is 0 Å². The summed E-state index contributed by atoms with van der Waals surface area (Å²) in [5.41, 5.74) is 2.86. The van der Waals surface area contributed by atoms with Crippen molar-refractivity contribution in [3.63, 3.8) is 0 Å². The molecular weight excluding hydrogens is 323 g/mol. The van der Waals surface area contributed by atoms with Crippen molar-refractivity contribution in [2.45, 2.75) is 32.9 Å². The fourth-order valence-corrected chi connectivity index (χ4v) is 3.43. The maximum Gasteiger partial charge on any atom is 0.123 e. The lowest BCUT2D eigenvalue weighted by Crippen LogP contribution is -2.19. The first-order valence-electron chi connectivity index (χ1n) is 7.94. The Bertz CT molecular complexity index is 795. The highest BCUT2D eigenvalue weighted by atomic mass is 32.1. The summed E-state index contributed by atoms with van der Waals surface area (Å²) >= 11 is 1.70. The predicted octanol–water partition coefficient (Wildman–Crippen LogP) is 4.22. The Hall–Kier alpha value is -2.05. The molecule has 0 N–H and O–H groups in total. The van der Waals surface area contributed by atoms with Crippen LogP contribution in [0, 0.1) is 5.82 Å². The molecule has 3 aromatic rings. The van der Waals surface area contributed by atoms with Gasteiger partial charge in [0.15, 0.2) is 0 Å². The van der Waals surface area contributed by atoms with Gasteiger partial charge in [-0.3, -0.25) is 4.90 Å². The molecule has 0 aliphatic rings. The van der Waals surface area contributed by atoms with Gasteiger partial charge in [-0.05, 0) is 36.9 Å². The molecule has 0 saturated heterocycles. The zero-order chi connectivity index (χ0) is 17.1. The van der Waals surface area contributed by atoms with E-state index in [2.05, 4.69) is 34.2 Å². The molecule has 3 rings (SSSR count). The van der Waals surface area contributed by atoms with Crippen LogP contribution < -0.4 is 0 Å². The molecule has 0 atom stereocenters. The number of aromatic nitrogens is 3. The van der Waals surface area contributed by atoms with Gasteiger partial charge in [0, 0.05) is 36.8 Å².